The van der Waals surface area contributed by atoms with Crippen LogP contribution in [-0.2, 0) is 0 Å². The molecule has 1 saturated heterocycles. The number of hydrogen-bond acceptors (Lipinski definition) is 3. The van der Waals surface area contributed by atoms with Crippen molar-refractivity contribution in [3.05, 3.63) is 30.2 Å². The number of aromatic nitrogens is 2. The summed E-state index contributed by atoms with van der Waals surface area (Å²) in [6.45, 7) is 4.05. The van der Waals surface area contributed by atoms with Crippen LogP contribution in [0.5, 0.6) is 0 Å². The van der Waals surface area contributed by atoms with Gasteiger partial charge in [-0.2, -0.15) is 0 Å². The van der Waals surface area contributed by atoms with Crippen molar-refractivity contribution < 1.29 is 0 Å². The maximum atomic E-state index is 5.94. The van der Waals surface area contributed by atoms with Crippen LogP contribution in [0.4, 0.5) is 5.82 Å². The molecule has 1 unspecified atom stereocenters. The van der Waals surface area contributed by atoms with Crippen molar-refractivity contribution in [2.24, 2.45) is 5.73 Å². The fourth-order valence-corrected chi connectivity index (χ4v) is 2.41. The van der Waals surface area contributed by atoms with Crippen LogP contribution in [-0.4, -0.2) is 28.5 Å². The van der Waals surface area contributed by atoms with E-state index in [4.69, 9.17) is 5.73 Å². The second-order valence-corrected chi connectivity index (χ2v) is 4.50. The van der Waals surface area contributed by atoms with E-state index in [0.717, 1.165) is 25.3 Å². The fourth-order valence-electron chi connectivity index (χ4n) is 2.41. The Labute approximate surface area is 119 Å². The average molecular weight is 289 g/mol. The van der Waals surface area contributed by atoms with E-state index in [1.54, 1.807) is 0 Å². The van der Waals surface area contributed by atoms with E-state index in [1.807, 2.05) is 12.4 Å². The molecular weight excluding hydrogens is 271 g/mol. The number of rotatable bonds is 1. The fraction of sp³-hybridized carbons (Fsp3) is 0.417. The lowest BCUT2D eigenvalue weighted by Gasteiger charge is -2.18. The molecule has 3 heterocycles. The number of halogens is 2. The summed E-state index contributed by atoms with van der Waals surface area (Å²) in [6, 6.07) is 2.41. The predicted molar refractivity (Wildman–Crippen MR) is 79.2 cm³/mol. The Morgan fingerprint density at radius 1 is 1.33 bits per heavy atom. The number of aryl methyl sites for hydroxylation is 1. The van der Waals surface area contributed by atoms with E-state index in [-0.39, 0.29) is 30.9 Å². The van der Waals surface area contributed by atoms with Gasteiger partial charge >= 0.3 is 0 Å². The minimum Gasteiger partial charge on any atom is -0.353 e. The van der Waals surface area contributed by atoms with Gasteiger partial charge in [-0.15, -0.1) is 24.8 Å². The molecule has 100 valence electrons. The summed E-state index contributed by atoms with van der Waals surface area (Å²) in [5.41, 5.74) is 8.42. The van der Waals surface area contributed by atoms with E-state index >= 15 is 0 Å². The summed E-state index contributed by atoms with van der Waals surface area (Å²) in [5.74, 6) is 1.07. The minimum absolute atomic E-state index is 0. The van der Waals surface area contributed by atoms with Gasteiger partial charge in [0.1, 0.15) is 0 Å². The van der Waals surface area contributed by atoms with Gasteiger partial charge in [-0.05, 0) is 25.0 Å². The van der Waals surface area contributed by atoms with E-state index in [2.05, 4.69) is 33.5 Å². The lowest BCUT2D eigenvalue weighted by Crippen LogP contribution is -2.27. The van der Waals surface area contributed by atoms with Gasteiger partial charge in [-0.1, -0.05) is 0 Å². The molecular formula is C12H18Cl2N4. The molecule has 0 saturated carbocycles. The Balaban J connectivity index is 0.000000810. The van der Waals surface area contributed by atoms with E-state index < -0.39 is 0 Å². The zero-order valence-corrected chi connectivity index (χ0v) is 11.9. The second-order valence-electron chi connectivity index (χ2n) is 4.50. The van der Waals surface area contributed by atoms with Crippen molar-refractivity contribution in [3.63, 3.8) is 0 Å². The van der Waals surface area contributed by atoms with Crippen LogP contribution in [0.15, 0.2) is 24.7 Å². The zero-order chi connectivity index (χ0) is 11.1. The normalized spacial score (nSPS) is 18.6. The monoisotopic (exact) mass is 288 g/mol. The molecule has 2 aromatic heterocycles. The standard InChI is InChI=1S/C12H16N4.2ClH/c1-9-2-5-15-7-4-14-12(11(9)15)16-6-3-10(13)8-16;;/h2,4-5,7,10H,3,6,8,13H2,1H3;2*1H. The van der Waals surface area contributed by atoms with Gasteiger partial charge in [0.05, 0.1) is 5.52 Å². The first kappa shape index (κ1) is 15.1. The Bertz CT molecular complexity index is 526. The van der Waals surface area contributed by atoms with Crippen molar-refractivity contribution in [3.8, 4) is 0 Å². The summed E-state index contributed by atoms with van der Waals surface area (Å²) >= 11 is 0. The maximum absolute atomic E-state index is 5.94. The molecule has 1 aliphatic heterocycles. The molecule has 0 bridgehead atoms. The molecule has 6 heteroatoms. The van der Waals surface area contributed by atoms with Gasteiger partial charge < -0.3 is 15.0 Å². The summed E-state index contributed by atoms with van der Waals surface area (Å²) < 4.78 is 2.13. The van der Waals surface area contributed by atoms with Crippen LogP contribution < -0.4 is 10.6 Å². The Morgan fingerprint density at radius 3 is 2.78 bits per heavy atom. The highest BCUT2D eigenvalue weighted by Gasteiger charge is 2.22. The topological polar surface area (TPSA) is 46.6 Å². The van der Waals surface area contributed by atoms with Gasteiger partial charge in [-0.3, -0.25) is 0 Å². The first-order valence-corrected chi connectivity index (χ1v) is 5.68. The zero-order valence-electron chi connectivity index (χ0n) is 10.2. The highest BCUT2D eigenvalue weighted by atomic mass is 35.5. The van der Waals surface area contributed by atoms with Crippen LogP contribution in [0, 0.1) is 6.92 Å². The molecule has 0 spiro atoms. The lowest BCUT2D eigenvalue weighted by atomic mass is 10.3. The Hall–Kier alpha value is -0.970. The maximum Gasteiger partial charge on any atom is 0.153 e. The first-order chi connectivity index (χ1) is 7.75. The lowest BCUT2D eigenvalue weighted by molar-refractivity contribution is 0.751. The third-order valence-electron chi connectivity index (χ3n) is 3.28. The van der Waals surface area contributed by atoms with Crippen LogP contribution in [0.3, 0.4) is 0 Å². The van der Waals surface area contributed by atoms with Crippen molar-refractivity contribution in [2.45, 2.75) is 19.4 Å². The number of nitrogens with two attached hydrogens (primary N) is 1. The van der Waals surface area contributed by atoms with Gasteiger partial charge in [0, 0.05) is 37.7 Å². The molecule has 1 fully saturated rings. The number of hydrogen-bond donors (Lipinski definition) is 1. The number of nitrogens with zero attached hydrogens (tertiary/aromatic N) is 3. The van der Waals surface area contributed by atoms with Crippen molar-refractivity contribution >= 4 is 36.1 Å². The van der Waals surface area contributed by atoms with Crippen molar-refractivity contribution in [1.82, 2.24) is 9.38 Å². The smallest absolute Gasteiger partial charge is 0.153 e. The van der Waals surface area contributed by atoms with Crippen molar-refractivity contribution in [2.75, 3.05) is 18.0 Å². The largest absolute Gasteiger partial charge is 0.353 e. The third-order valence-corrected chi connectivity index (χ3v) is 3.28. The molecule has 0 amide bonds. The Morgan fingerprint density at radius 2 is 2.11 bits per heavy atom. The molecule has 3 rings (SSSR count). The summed E-state index contributed by atoms with van der Waals surface area (Å²) in [5, 5.41) is 0. The van der Waals surface area contributed by atoms with Crippen LogP contribution >= 0.6 is 24.8 Å². The molecule has 1 atom stereocenters. The molecule has 2 N–H and O–H groups in total. The first-order valence-electron chi connectivity index (χ1n) is 5.68. The summed E-state index contributed by atoms with van der Waals surface area (Å²) in [7, 11) is 0. The summed E-state index contributed by atoms with van der Waals surface area (Å²) in [6.07, 6.45) is 6.97. The third kappa shape index (κ3) is 2.41. The van der Waals surface area contributed by atoms with Gasteiger partial charge in [0.25, 0.3) is 0 Å². The van der Waals surface area contributed by atoms with Crippen LogP contribution in [0.2, 0.25) is 0 Å². The summed E-state index contributed by atoms with van der Waals surface area (Å²) in [4.78, 5) is 6.79. The Kier molecular flexibility index (Phi) is 4.85. The van der Waals surface area contributed by atoms with Gasteiger partial charge in [-0.25, -0.2) is 4.98 Å². The van der Waals surface area contributed by atoms with E-state index in [9.17, 15) is 0 Å². The predicted octanol–water partition coefficient (Wildman–Crippen LogP) is 2.02. The van der Waals surface area contributed by atoms with Crippen molar-refractivity contribution in [1.29, 1.82) is 0 Å². The molecule has 0 radical (unpaired) electrons. The van der Waals surface area contributed by atoms with E-state index in [0.29, 0.717) is 0 Å². The van der Waals surface area contributed by atoms with Gasteiger partial charge in [0.15, 0.2) is 5.82 Å². The van der Waals surface area contributed by atoms with Crippen LogP contribution in [0.1, 0.15) is 12.0 Å². The molecule has 2 aromatic rings. The molecule has 0 aromatic carbocycles. The quantitative estimate of drug-likeness (QED) is 0.873. The second kappa shape index (κ2) is 5.78. The SMILES string of the molecule is Cc1ccn2ccnc(N3CCC(N)C3)c12.Cl.Cl. The van der Waals surface area contributed by atoms with Crippen LogP contribution in [0.25, 0.3) is 5.52 Å². The molecule has 0 aliphatic carbocycles. The molecule has 18 heavy (non-hydrogen) atoms. The highest BCUT2D eigenvalue weighted by molar-refractivity contribution is 5.85. The number of anilines is 1. The molecule has 4 nitrogen and oxygen atoms in total. The number of fused-ring (bicyclic) bond motifs is 1. The average Bonchev–Trinajstić information content (AvgIpc) is 2.86. The van der Waals surface area contributed by atoms with Gasteiger partial charge in [0.2, 0.25) is 0 Å². The minimum atomic E-state index is 0. The van der Waals surface area contributed by atoms with E-state index in [1.165, 1.54) is 11.1 Å². The molecule has 1 aliphatic rings. The highest BCUT2D eigenvalue weighted by Crippen LogP contribution is 2.25.